The van der Waals surface area contributed by atoms with Gasteiger partial charge >= 0.3 is 6.03 Å². The van der Waals surface area contributed by atoms with Crippen LogP contribution in [0.3, 0.4) is 0 Å². The summed E-state index contributed by atoms with van der Waals surface area (Å²) in [5, 5.41) is 3.26. The van der Waals surface area contributed by atoms with E-state index in [0.29, 0.717) is 5.17 Å². The maximum Gasteiger partial charge on any atom is 0.322 e. The molecular weight excluding hydrogens is 186 g/mol. The molecule has 0 rings (SSSR count). The number of rotatable bonds is 2. The summed E-state index contributed by atoms with van der Waals surface area (Å²) in [6.45, 7) is 3.58. The van der Waals surface area contributed by atoms with Crippen molar-refractivity contribution in [3.63, 3.8) is 0 Å². The highest BCUT2D eigenvalue weighted by atomic mass is 32.2. The number of hydrogen-bond acceptors (Lipinski definition) is 3. The molecule has 4 nitrogen and oxygen atoms in total. The van der Waals surface area contributed by atoms with Crippen LogP contribution >= 0.6 is 11.8 Å². The van der Waals surface area contributed by atoms with Gasteiger partial charge in [0.25, 0.3) is 0 Å². The molecule has 0 bridgehead atoms. The Bertz CT molecular complexity index is 213. The van der Waals surface area contributed by atoms with Crippen molar-refractivity contribution in [3.8, 4) is 0 Å². The Morgan fingerprint density at radius 2 is 2.31 bits per heavy atom. The molecule has 0 aromatic rings. The molecule has 13 heavy (non-hydrogen) atoms. The maximum absolute atomic E-state index is 11.2. The molecule has 0 aliphatic rings. The summed E-state index contributed by atoms with van der Waals surface area (Å²) in [6.07, 6.45) is 1.76. The Balaban J connectivity index is 3.99. The molecule has 0 spiro atoms. The van der Waals surface area contributed by atoms with Gasteiger partial charge in [-0.15, -0.1) is 6.58 Å². The van der Waals surface area contributed by atoms with Crippen LogP contribution in [0.2, 0.25) is 0 Å². The lowest BCUT2D eigenvalue weighted by atomic mass is 10.8. The van der Waals surface area contributed by atoms with Crippen LogP contribution in [0, 0.1) is 0 Å². The summed E-state index contributed by atoms with van der Waals surface area (Å²) >= 11 is 1.44. The summed E-state index contributed by atoms with van der Waals surface area (Å²) in [4.78, 5) is 16.5. The topological polar surface area (TPSA) is 44.7 Å². The zero-order chi connectivity index (χ0) is 10.3. The lowest BCUT2D eigenvalue weighted by Gasteiger charge is -2.12. The molecule has 0 aromatic heterocycles. The highest BCUT2D eigenvalue weighted by Crippen LogP contribution is 2.01. The van der Waals surface area contributed by atoms with Crippen LogP contribution in [-0.4, -0.2) is 43.0 Å². The van der Waals surface area contributed by atoms with Crippen LogP contribution in [0.4, 0.5) is 4.79 Å². The second-order valence-corrected chi connectivity index (χ2v) is 3.46. The van der Waals surface area contributed by atoms with E-state index >= 15 is 0 Å². The molecule has 5 heteroatoms. The highest BCUT2D eigenvalue weighted by molar-refractivity contribution is 8.14. The van der Waals surface area contributed by atoms with Gasteiger partial charge in [0, 0.05) is 26.9 Å². The van der Waals surface area contributed by atoms with E-state index in [9.17, 15) is 4.79 Å². The van der Waals surface area contributed by atoms with Crippen LogP contribution in [0.25, 0.3) is 0 Å². The van der Waals surface area contributed by atoms with Crippen LogP contribution in [-0.2, 0) is 0 Å². The standard InChI is InChI=1S/C8H15N3OS/c1-5-6-13-7(9-2)10-8(12)11(3)4/h5H,1,6H2,2-4H3,(H,9,10,12). The van der Waals surface area contributed by atoms with Gasteiger partial charge in [0.2, 0.25) is 0 Å². The number of nitrogens with one attached hydrogen (secondary N) is 1. The van der Waals surface area contributed by atoms with Gasteiger partial charge in [0.05, 0.1) is 0 Å². The fourth-order valence-electron chi connectivity index (χ4n) is 0.498. The maximum atomic E-state index is 11.2. The zero-order valence-corrected chi connectivity index (χ0v) is 9.02. The van der Waals surface area contributed by atoms with Crippen molar-refractivity contribution in [1.29, 1.82) is 0 Å². The molecule has 0 aliphatic heterocycles. The SMILES string of the molecule is C=CCSC(=NC)NC(=O)N(C)C. The Labute approximate surface area is 83.1 Å². The van der Waals surface area contributed by atoms with E-state index in [2.05, 4.69) is 16.9 Å². The van der Waals surface area contributed by atoms with Gasteiger partial charge in [-0.3, -0.25) is 10.3 Å². The number of thioether (sulfide) groups is 1. The smallest absolute Gasteiger partial charge is 0.322 e. The molecule has 1 N–H and O–H groups in total. The zero-order valence-electron chi connectivity index (χ0n) is 8.20. The predicted octanol–water partition coefficient (Wildman–Crippen LogP) is 1.16. The van der Waals surface area contributed by atoms with Crippen molar-refractivity contribution in [3.05, 3.63) is 12.7 Å². The van der Waals surface area contributed by atoms with Crippen molar-refractivity contribution in [2.24, 2.45) is 4.99 Å². The normalized spacial score (nSPS) is 10.8. The first kappa shape index (κ1) is 12.0. The first-order valence-electron chi connectivity index (χ1n) is 3.80. The molecule has 0 saturated heterocycles. The van der Waals surface area contributed by atoms with Crippen LogP contribution in [0.15, 0.2) is 17.6 Å². The van der Waals surface area contributed by atoms with Gasteiger partial charge < -0.3 is 4.90 Å². The van der Waals surface area contributed by atoms with Gasteiger partial charge in [-0.05, 0) is 0 Å². The number of carbonyl (C=O) groups excluding carboxylic acids is 1. The fraction of sp³-hybridized carbons (Fsp3) is 0.500. The summed E-state index contributed by atoms with van der Waals surface area (Å²) in [7, 11) is 5.00. The summed E-state index contributed by atoms with van der Waals surface area (Å²) in [5.41, 5.74) is 0. The molecule has 0 heterocycles. The Morgan fingerprint density at radius 1 is 1.69 bits per heavy atom. The number of amidine groups is 1. The number of hydrogen-bond donors (Lipinski definition) is 1. The second-order valence-electron chi connectivity index (χ2n) is 2.45. The number of aliphatic imine (C=N–C) groups is 1. The van der Waals surface area contributed by atoms with Crippen LogP contribution < -0.4 is 5.32 Å². The number of nitrogens with zero attached hydrogens (tertiary/aromatic N) is 2. The van der Waals surface area contributed by atoms with Crippen LogP contribution in [0.1, 0.15) is 0 Å². The monoisotopic (exact) mass is 201 g/mol. The molecule has 74 valence electrons. The Morgan fingerprint density at radius 3 is 2.69 bits per heavy atom. The van der Waals surface area contributed by atoms with E-state index < -0.39 is 0 Å². The van der Waals surface area contributed by atoms with Crippen molar-refractivity contribution in [2.45, 2.75) is 0 Å². The largest absolute Gasteiger partial charge is 0.331 e. The molecule has 2 amide bonds. The molecule has 0 unspecified atom stereocenters. The molecule has 0 radical (unpaired) electrons. The minimum absolute atomic E-state index is 0.169. The molecular formula is C8H15N3OS. The summed E-state index contributed by atoms with van der Waals surface area (Å²) in [5.74, 6) is 0.736. The average Bonchev–Trinajstić information content (AvgIpc) is 2.11. The van der Waals surface area contributed by atoms with Crippen LogP contribution in [0.5, 0.6) is 0 Å². The quantitative estimate of drug-likeness (QED) is 0.414. The molecule has 0 saturated carbocycles. The van der Waals surface area contributed by atoms with E-state index in [4.69, 9.17) is 0 Å². The third-order valence-electron chi connectivity index (χ3n) is 1.16. The van der Waals surface area contributed by atoms with Gasteiger partial charge in [-0.2, -0.15) is 0 Å². The first-order valence-corrected chi connectivity index (χ1v) is 4.79. The fourth-order valence-corrected chi connectivity index (χ4v) is 1.06. The number of amides is 2. The van der Waals surface area contributed by atoms with Gasteiger partial charge in [-0.25, -0.2) is 4.79 Å². The molecule has 0 aliphatic carbocycles. The highest BCUT2D eigenvalue weighted by Gasteiger charge is 2.06. The average molecular weight is 201 g/mol. The van der Waals surface area contributed by atoms with Crippen molar-refractivity contribution in [1.82, 2.24) is 10.2 Å². The molecule has 0 fully saturated rings. The molecule has 0 atom stereocenters. The predicted molar refractivity (Wildman–Crippen MR) is 58.2 cm³/mol. The Kier molecular flexibility index (Phi) is 6.05. The van der Waals surface area contributed by atoms with Crippen molar-refractivity contribution in [2.75, 3.05) is 26.9 Å². The molecule has 0 aromatic carbocycles. The van der Waals surface area contributed by atoms with Gasteiger partial charge in [-0.1, -0.05) is 17.8 Å². The van der Waals surface area contributed by atoms with Gasteiger partial charge in [0.1, 0.15) is 0 Å². The first-order chi connectivity index (χ1) is 6.11. The second kappa shape index (κ2) is 6.54. The number of carbonyl (C=O) groups is 1. The summed E-state index contributed by atoms with van der Waals surface area (Å²) < 4.78 is 0. The van der Waals surface area contributed by atoms with E-state index in [1.807, 2.05) is 0 Å². The Hall–Kier alpha value is -0.970. The minimum atomic E-state index is -0.169. The lowest BCUT2D eigenvalue weighted by Crippen LogP contribution is -2.37. The van der Waals surface area contributed by atoms with Crippen molar-refractivity contribution >= 4 is 23.0 Å². The lowest BCUT2D eigenvalue weighted by molar-refractivity contribution is 0.222. The van der Waals surface area contributed by atoms with E-state index in [-0.39, 0.29) is 6.03 Å². The minimum Gasteiger partial charge on any atom is -0.331 e. The summed E-state index contributed by atoms with van der Waals surface area (Å²) in [6, 6.07) is -0.169. The van der Waals surface area contributed by atoms with E-state index in [1.165, 1.54) is 16.7 Å². The van der Waals surface area contributed by atoms with E-state index in [1.54, 1.807) is 27.2 Å². The van der Waals surface area contributed by atoms with E-state index in [0.717, 1.165) is 5.75 Å². The third-order valence-corrected chi connectivity index (χ3v) is 2.12. The van der Waals surface area contributed by atoms with Gasteiger partial charge in [0.15, 0.2) is 5.17 Å². The van der Waals surface area contributed by atoms with Crippen molar-refractivity contribution < 1.29 is 4.79 Å². The number of urea groups is 1. The third kappa shape index (κ3) is 5.30.